The zero-order valence-electron chi connectivity index (χ0n) is 6.58. The summed E-state index contributed by atoms with van der Waals surface area (Å²) in [4.78, 5) is 1.15. The van der Waals surface area contributed by atoms with Crippen molar-refractivity contribution in [3.63, 3.8) is 0 Å². The Morgan fingerprint density at radius 3 is 2.73 bits per heavy atom. The van der Waals surface area contributed by atoms with E-state index in [9.17, 15) is 0 Å². The number of hydrogen-bond acceptors (Lipinski definition) is 3. The fourth-order valence-corrected chi connectivity index (χ4v) is 2.04. The fourth-order valence-electron chi connectivity index (χ4n) is 1.84. The Balaban J connectivity index is 1.95. The molecule has 62 valence electrons. The average Bonchev–Trinajstić information content (AvgIpc) is 2.55. The van der Waals surface area contributed by atoms with Crippen molar-refractivity contribution in [2.24, 2.45) is 0 Å². The van der Waals surface area contributed by atoms with Crippen LogP contribution in [-0.2, 0) is 0 Å². The molecular formula is C8H14N2S. The van der Waals surface area contributed by atoms with E-state index in [4.69, 9.17) is 0 Å². The smallest absolute Gasteiger partial charge is 0.0473 e. The minimum atomic E-state index is 0.736. The number of nitrogens with zero attached hydrogens (tertiary/aromatic N) is 1. The Labute approximate surface area is 73.0 Å². The van der Waals surface area contributed by atoms with Crippen LogP contribution in [0, 0.1) is 0 Å². The summed E-state index contributed by atoms with van der Waals surface area (Å²) in [7, 11) is 0. The van der Waals surface area contributed by atoms with Gasteiger partial charge in [0.15, 0.2) is 0 Å². The second kappa shape index (κ2) is 3.07. The van der Waals surface area contributed by atoms with Gasteiger partial charge in [0, 0.05) is 23.7 Å². The maximum Gasteiger partial charge on any atom is 0.0473 e. The Morgan fingerprint density at radius 1 is 1.45 bits per heavy atom. The maximum atomic E-state index is 4.30. The minimum Gasteiger partial charge on any atom is -0.311 e. The summed E-state index contributed by atoms with van der Waals surface area (Å²) in [6.45, 7) is 0.916. The van der Waals surface area contributed by atoms with Gasteiger partial charge in [-0.2, -0.15) is 0 Å². The van der Waals surface area contributed by atoms with Gasteiger partial charge in [-0.1, -0.05) is 12.8 Å². The molecule has 0 bridgehead atoms. The third kappa shape index (κ3) is 1.54. The van der Waals surface area contributed by atoms with Gasteiger partial charge in [0.05, 0.1) is 0 Å². The average molecular weight is 170 g/mol. The third-order valence-corrected chi connectivity index (χ3v) is 2.72. The third-order valence-electron chi connectivity index (χ3n) is 2.45. The second-order valence-corrected chi connectivity index (χ2v) is 3.88. The molecule has 3 heteroatoms. The molecule has 0 aromatic carbocycles. The van der Waals surface area contributed by atoms with E-state index < -0.39 is 0 Å². The van der Waals surface area contributed by atoms with Crippen molar-refractivity contribution >= 4 is 12.6 Å². The highest BCUT2D eigenvalue weighted by Gasteiger charge is 2.22. The Hall–Kier alpha value is -0.150. The monoisotopic (exact) mass is 170 g/mol. The SMILES string of the molecule is SC1=CN(C2CCCC2)NC1. The molecule has 2 aliphatic rings. The van der Waals surface area contributed by atoms with E-state index in [2.05, 4.69) is 29.3 Å². The number of hydrogen-bond donors (Lipinski definition) is 2. The molecule has 0 unspecified atom stereocenters. The van der Waals surface area contributed by atoms with E-state index in [1.807, 2.05) is 0 Å². The van der Waals surface area contributed by atoms with Crippen LogP contribution in [0.5, 0.6) is 0 Å². The van der Waals surface area contributed by atoms with Gasteiger partial charge in [0.2, 0.25) is 0 Å². The molecule has 1 N–H and O–H groups in total. The molecule has 0 spiro atoms. The van der Waals surface area contributed by atoms with E-state index in [1.165, 1.54) is 25.7 Å². The van der Waals surface area contributed by atoms with Gasteiger partial charge in [-0.3, -0.25) is 0 Å². The maximum absolute atomic E-state index is 4.30. The van der Waals surface area contributed by atoms with Crippen molar-refractivity contribution in [2.45, 2.75) is 31.7 Å². The molecule has 1 heterocycles. The van der Waals surface area contributed by atoms with E-state index in [-0.39, 0.29) is 0 Å². The molecule has 0 amide bonds. The van der Waals surface area contributed by atoms with Crippen molar-refractivity contribution in [3.05, 3.63) is 11.1 Å². The summed E-state index contributed by atoms with van der Waals surface area (Å²) in [5, 5.41) is 2.23. The zero-order chi connectivity index (χ0) is 7.68. The fraction of sp³-hybridized carbons (Fsp3) is 0.750. The van der Waals surface area contributed by atoms with Crippen molar-refractivity contribution in [2.75, 3.05) is 6.54 Å². The first-order chi connectivity index (χ1) is 5.36. The molecule has 0 aromatic rings. The first-order valence-electron chi connectivity index (χ1n) is 4.28. The molecule has 11 heavy (non-hydrogen) atoms. The summed E-state index contributed by atoms with van der Waals surface area (Å²) >= 11 is 4.30. The highest BCUT2D eigenvalue weighted by molar-refractivity contribution is 7.84. The molecule has 0 saturated heterocycles. The van der Waals surface area contributed by atoms with Crippen LogP contribution in [0.15, 0.2) is 11.1 Å². The van der Waals surface area contributed by atoms with Crippen LogP contribution in [0.1, 0.15) is 25.7 Å². The number of hydrazine groups is 1. The van der Waals surface area contributed by atoms with Gasteiger partial charge in [0.25, 0.3) is 0 Å². The second-order valence-electron chi connectivity index (χ2n) is 3.30. The Kier molecular flexibility index (Phi) is 2.09. The summed E-state index contributed by atoms with van der Waals surface area (Å²) in [6, 6.07) is 0.736. The summed E-state index contributed by atoms with van der Waals surface area (Å²) in [5.41, 5.74) is 3.31. The highest BCUT2D eigenvalue weighted by Crippen LogP contribution is 2.24. The van der Waals surface area contributed by atoms with Crippen molar-refractivity contribution in [1.29, 1.82) is 0 Å². The van der Waals surface area contributed by atoms with E-state index in [0.29, 0.717) is 0 Å². The first-order valence-corrected chi connectivity index (χ1v) is 4.72. The van der Waals surface area contributed by atoms with Crippen LogP contribution in [0.2, 0.25) is 0 Å². The molecular weight excluding hydrogens is 156 g/mol. The normalized spacial score (nSPS) is 26.3. The first kappa shape index (κ1) is 7.50. The Bertz CT molecular complexity index is 173. The molecule has 0 aromatic heterocycles. The van der Waals surface area contributed by atoms with Crippen LogP contribution in [-0.4, -0.2) is 17.6 Å². The number of thiol groups is 1. The topological polar surface area (TPSA) is 15.3 Å². The van der Waals surface area contributed by atoms with Crippen LogP contribution < -0.4 is 5.43 Å². The van der Waals surface area contributed by atoms with Crippen molar-refractivity contribution in [1.82, 2.24) is 10.4 Å². The van der Waals surface area contributed by atoms with Gasteiger partial charge in [-0.15, -0.1) is 12.6 Å². The van der Waals surface area contributed by atoms with Crippen LogP contribution >= 0.6 is 12.6 Å². The molecule has 0 radical (unpaired) electrons. The van der Waals surface area contributed by atoms with E-state index in [0.717, 1.165) is 17.5 Å². The van der Waals surface area contributed by atoms with E-state index in [1.54, 1.807) is 0 Å². The molecule has 0 atom stereocenters. The number of nitrogens with one attached hydrogen (secondary N) is 1. The van der Waals surface area contributed by atoms with Gasteiger partial charge in [0.1, 0.15) is 0 Å². The number of rotatable bonds is 1. The van der Waals surface area contributed by atoms with Crippen molar-refractivity contribution in [3.8, 4) is 0 Å². The Morgan fingerprint density at radius 2 is 2.18 bits per heavy atom. The summed E-state index contributed by atoms with van der Waals surface area (Å²) in [5.74, 6) is 0. The molecule has 1 aliphatic carbocycles. The summed E-state index contributed by atoms with van der Waals surface area (Å²) in [6.07, 6.45) is 7.57. The lowest BCUT2D eigenvalue weighted by Gasteiger charge is -2.23. The van der Waals surface area contributed by atoms with Gasteiger partial charge in [-0.05, 0) is 12.8 Å². The molecule has 2 rings (SSSR count). The lowest BCUT2D eigenvalue weighted by molar-refractivity contribution is 0.224. The van der Waals surface area contributed by atoms with Gasteiger partial charge >= 0.3 is 0 Å². The minimum absolute atomic E-state index is 0.736. The molecule has 1 aliphatic heterocycles. The van der Waals surface area contributed by atoms with Gasteiger partial charge < -0.3 is 5.01 Å². The van der Waals surface area contributed by atoms with Crippen LogP contribution in [0.4, 0.5) is 0 Å². The lowest BCUT2D eigenvalue weighted by Crippen LogP contribution is -2.36. The molecule has 1 saturated carbocycles. The largest absolute Gasteiger partial charge is 0.311 e. The molecule has 2 nitrogen and oxygen atoms in total. The van der Waals surface area contributed by atoms with Gasteiger partial charge in [-0.25, -0.2) is 5.43 Å². The quantitative estimate of drug-likeness (QED) is 0.580. The zero-order valence-corrected chi connectivity index (χ0v) is 7.48. The lowest BCUT2D eigenvalue weighted by atomic mass is 10.2. The standard InChI is InChI=1S/C8H14N2S/c11-8-5-9-10(6-8)7-3-1-2-4-7/h6-7,9,11H,1-5H2. The van der Waals surface area contributed by atoms with Crippen LogP contribution in [0.3, 0.4) is 0 Å². The predicted octanol–water partition coefficient (Wildman–Crippen LogP) is 1.52. The summed E-state index contributed by atoms with van der Waals surface area (Å²) < 4.78 is 0. The highest BCUT2D eigenvalue weighted by atomic mass is 32.1. The van der Waals surface area contributed by atoms with Crippen molar-refractivity contribution < 1.29 is 0 Å². The van der Waals surface area contributed by atoms with E-state index >= 15 is 0 Å². The predicted molar refractivity (Wildman–Crippen MR) is 49.2 cm³/mol. The molecule has 1 fully saturated rings. The van der Waals surface area contributed by atoms with Crippen LogP contribution in [0.25, 0.3) is 0 Å².